The molecular formula is C18H21N3O4S. The van der Waals surface area contributed by atoms with Crippen molar-refractivity contribution < 1.29 is 19.1 Å². The van der Waals surface area contributed by atoms with Crippen LogP contribution in [0.1, 0.15) is 27.9 Å². The van der Waals surface area contributed by atoms with Crippen LogP contribution in [0.4, 0.5) is 0 Å². The smallest absolute Gasteiger partial charge is 0.276 e. The van der Waals surface area contributed by atoms with E-state index in [9.17, 15) is 14.4 Å². The summed E-state index contributed by atoms with van der Waals surface area (Å²) >= 11 is 1.42. The van der Waals surface area contributed by atoms with E-state index in [-0.39, 0.29) is 25.5 Å². The van der Waals surface area contributed by atoms with Crippen molar-refractivity contribution in [2.75, 3.05) is 13.2 Å². The van der Waals surface area contributed by atoms with Crippen molar-refractivity contribution in [1.82, 2.24) is 16.2 Å². The molecule has 0 atom stereocenters. The summed E-state index contributed by atoms with van der Waals surface area (Å²) in [5.41, 5.74) is 7.00. The molecule has 0 aliphatic rings. The van der Waals surface area contributed by atoms with Crippen molar-refractivity contribution in [2.45, 2.75) is 20.3 Å². The highest BCUT2D eigenvalue weighted by Gasteiger charge is 2.09. The van der Waals surface area contributed by atoms with Crippen molar-refractivity contribution >= 4 is 29.1 Å². The van der Waals surface area contributed by atoms with Gasteiger partial charge in [-0.25, -0.2) is 0 Å². The average Bonchev–Trinajstić information content (AvgIpc) is 3.14. The quantitative estimate of drug-likeness (QED) is 0.642. The van der Waals surface area contributed by atoms with Crippen LogP contribution in [0.3, 0.4) is 0 Å². The van der Waals surface area contributed by atoms with Crippen LogP contribution >= 0.6 is 11.3 Å². The number of carbonyl (C=O) groups is 3. The maximum absolute atomic E-state index is 11.8. The molecule has 3 N–H and O–H groups in total. The zero-order chi connectivity index (χ0) is 18.9. The first-order chi connectivity index (χ1) is 12.5. The standard InChI is InChI=1S/C18H21N3O4S/c1-12-4-3-5-13(2)17(12)25-10-16(23)21-20-15(22)6-8-19-18(24)14-7-9-26-11-14/h3-5,7,9,11H,6,8,10H2,1-2H3,(H,19,24)(H,20,22)(H,21,23). The largest absolute Gasteiger partial charge is 0.483 e. The number of hydrogen-bond acceptors (Lipinski definition) is 5. The number of aryl methyl sites for hydroxylation is 2. The van der Waals surface area contributed by atoms with E-state index in [0.29, 0.717) is 11.3 Å². The van der Waals surface area contributed by atoms with Gasteiger partial charge in [0.1, 0.15) is 5.75 Å². The van der Waals surface area contributed by atoms with E-state index in [4.69, 9.17) is 4.74 Å². The topological polar surface area (TPSA) is 96.5 Å². The second-order valence-electron chi connectivity index (χ2n) is 5.62. The highest BCUT2D eigenvalue weighted by Crippen LogP contribution is 2.21. The Bertz CT molecular complexity index is 754. The molecule has 7 nitrogen and oxygen atoms in total. The van der Waals surface area contributed by atoms with Gasteiger partial charge in [-0.1, -0.05) is 18.2 Å². The molecule has 0 spiro atoms. The van der Waals surface area contributed by atoms with Crippen LogP contribution in [0.2, 0.25) is 0 Å². The molecule has 2 rings (SSSR count). The number of para-hydroxylation sites is 1. The Morgan fingerprint density at radius 2 is 1.73 bits per heavy atom. The van der Waals surface area contributed by atoms with Gasteiger partial charge in [0, 0.05) is 23.9 Å². The number of hydrazine groups is 1. The fourth-order valence-electron chi connectivity index (χ4n) is 2.19. The molecule has 138 valence electrons. The maximum Gasteiger partial charge on any atom is 0.276 e. The minimum absolute atomic E-state index is 0.0495. The number of rotatable bonds is 7. The third kappa shape index (κ3) is 5.89. The number of thiophene rings is 1. The first-order valence-electron chi connectivity index (χ1n) is 8.04. The number of nitrogens with one attached hydrogen (secondary N) is 3. The molecule has 0 fully saturated rings. The monoisotopic (exact) mass is 375 g/mol. The Balaban J connectivity index is 1.64. The number of amides is 3. The fourth-order valence-corrected chi connectivity index (χ4v) is 2.82. The van der Waals surface area contributed by atoms with E-state index in [1.54, 1.807) is 16.8 Å². The van der Waals surface area contributed by atoms with Crippen LogP contribution < -0.4 is 20.9 Å². The molecule has 1 aromatic heterocycles. The number of benzene rings is 1. The zero-order valence-corrected chi connectivity index (χ0v) is 15.4. The Kier molecular flexibility index (Phi) is 7.16. The highest BCUT2D eigenvalue weighted by atomic mass is 32.1. The molecule has 0 aliphatic heterocycles. The third-order valence-electron chi connectivity index (χ3n) is 3.52. The summed E-state index contributed by atoms with van der Waals surface area (Å²) in [6.45, 7) is 3.76. The van der Waals surface area contributed by atoms with Crippen molar-refractivity contribution in [1.29, 1.82) is 0 Å². The molecule has 1 aromatic carbocycles. The van der Waals surface area contributed by atoms with Gasteiger partial charge in [-0.3, -0.25) is 25.2 Å². The van der Waals surface area contributed by atoms with Gasteiger partial charge in [0.05, 0.1) is 0 Å². The lowest BCUT2D eigenvalue weighted by molar-refractivity contribution is -0.129. The second kappa shape index (κ2) is 9.57. The van der Waals surface area contributed by atoms with Crippen LogP contribution in [0.25, 0.3) is 0 Å². The molecule has 3 amide bonds. The minimum atomic E-state index is -0.469. The normalized spacial score (nSPS) is 10.1. The lowest BCUT2D eigenvalue weighted by Crippen LogP contribution is -2.44. The molecule has 0 bridgehead atoms. The van der Waals surface area contributed by atoms with E-state index in [0.717, 1.165) is 11.1 Å². The third-order valence-corrected chi connectivity index (χ3v) is 4.20. The Morgan fingerprint density at radius 1 is 1.04 bits per heavy atom. The maximum atomic E-state index is 11.8. The highest BCUT2D eigenvalue weighted by molar-refractivity contribution is 7.08. The van der Waals surface area contributed by atoms with Crippen LogP contribution in [-0.2, 0) is 9.59 Å². The first kappa shape index (κ1) is 19.5. The van der Waals surface area contributed by atoms with Crippen molar-refractivity contribution in [3.63, 3.8) is 0 Å². The molecule has 1 heterocycles. The number of ether oxygens (including phenoxy) is 1. The summed E-state index contributed by atoms with van der Waals surface area (Å²) in [6, 6.07) is 7.41. The molecule has 0 saturated carbocycles. The van der Waals surface area contributed by atoms with Crippen molar-refractivity contribution in [3.8, 4) is 5.75 Å². The van der Waals surface area contributed by atoms with E-state index in [2.05, 4.69) is 16.2 Å². The molecule has 0 radical (unpaired) electrons. The number of hydrogen-bond donors (Lipinski definition) is 3. The second-order valence-corrected chi connectivity index (χ2v) is 6.40. The molecule has 2 aromatic rings. The van der Waals surface area contributed by atoms with Crippen LogP contribution in [-0.4, -0.2) is 30.9 Å². The average molecular weight is 375 g/mol. The number of carbonyl (C=O) groups excluding carboxylic acids is 3. The van der Waals surface area contributed by atoms with E-state index in [1.165, 1.54) is 11.3 Å². The van der Waals surface area contributed by atoms with Gasteiger partial charge in [-0.05, 0) is 36.4 Å². The molecule has 0 aliphatic carbocycles. The summed E-state index contributed by atoms with van der Waals surface area (Å²) in [4.78, 5) is 35.1. The van der Waals surface area contributed by atoms with E-state index < -0.39 is 11.8 Å². The lowest BCUT2D eigenvalue weighted by Gasteiger charge is -2.12. The molecule has 0 unspecified atom stereocenters. The summed E-state index contributed by atoms with van der Waals surface area (Å²) in [5.74, 6) is -0.449. The van der Waals surface area contributed by atoms with Crippen LogP contribution in [0.5, 0.6) is 5.75 Å². The fraction of sp³-hybridized carbons (Fsp3) is 0.278. The van der Waals surface area contributed by atoms with Gasteiger partial charge in [-0.15, -0.1) is 0 Å². The van der Waals surface area contributed by atoms with Gasteiger partial charge in [0.2, 0.25) is 5.91 Å². The van der Waals surface area contributed by atoms with Crippen molar-refractivity contribution in [2.24, 2.45) is 0 Å². The predicted molar refractivity (Wildman–Crippen MR) is 99.0 cm³/mol. The zero-order valence-electron chi connectivity index (χ0n) is 14.6. The van der Waals surface area contributed by atoms with Crippen molar-refractivity contribution in [3.05, 3.63) is 51.7 Å². The summed E-state index contributed by atoms with van der Waals surface area (Å²) in [7, 11) is 0. The first-order valence-corrected chi connectivity index (χ1v) is 8.98. The van der Waals surface area contributed by atoms with Gasteiger partial charge < -0.3 is 10.1 Å². The molecule has 0 saturated heterocycles. The SMILES string of the molecule is Cc1cccc(C)c1OCC(=O)NNC(=O)CCNC(=O)c1ccsc1. The molecule has 8 heteroatoms. The van der Waals surface area contributed by atoms with Gasteiger partial charge in [0.15, 0.2) is 6.61 Å². The Morgan fingerprint density at radius 3 is 2.38 bits per heavy atom. The lowest BCUT2D eigenvalue weighted by atomic mass is 10.1. The Hall–Kier alpha value is -2.87. The van der Waals surface area contributed by atoms with Gasteiger partial charge >= 0.3 is 0 Å². The van der Waals surface area contributed by atoms with Gasteiger partial charge in [0.25, 0.3) is 11.8 Å². The van der Waals surface area contributed by atoms with Gasteiger partial charge in [-0.2, -0.15) is 11.3 Å². The van der Waals surface area contributed by atoms with E-state index in [1.807, 2.05) is 32.0 Å². The van der Waals surface area contributed by atoms with Crippen LogP contribution in [0, 0.1) is 13.8 Å². The molecule has 26 heavy (non-hydrogen) atoms. The predicted octanol–water partition coefficient (Wildman–Crippen LogP) is 1.71. The summed E-state index contributed by atoms with van der Waals surface area (Å²) < 4.78 is 5.50. The minimum Gasteiger partial charge on any atom is -0.483 e. The summed E-state index contributed by atoms with van der Waals surface area (Å²) in [6.07, 6.45) is 0.0495. The summed E-state index contributed by atoms with van der Waals surface area (Å²) in [5, 5.41) is 6.16. The van der Waals surface area contributed by atoms with Crippen LogP contribution in [0.15, 0.2) is 35.0 Å². The Labute approximate surface area is 155 Å². The molecular weight excluding hydrogens is 354 g/mol. The van der Waals surface area contributed by atoms with E-state index >= 15 is 0 Å².